The van der Waals surface area contributed by atoms with Gasteiger partial charge in [-0.15, -0.1) is 5.10 Å². The van der Waals surface area contributed by atoms with Crippen LogP contribution in [0.5, 0.6) is 0 Å². The molecule has 8 N–H and O–H groups in total. The lowest BCUT2D eigenvalue weighted by molar-refractivity contribution is -0.384. The van der Waals surface area contributed by atoms with Gasteiger partial charge in [-0.25, -0.2) is 9.59 Å². The molecule has 2 saturated heterocycles. The number of H-pyrrole nitrogens is 1. The summed E-state index contributed by atoms with van der Waals surface area (Å²) in [5.41, 5.74) is 2.49. The van der Waals surface area contributed by atoms with Crippen molar-refractivity contribution in [3.63, 3.8) is 0 Å². The number of hydrogen-bond donors (Lipinski definition) is 8. The van der Waals surface area contributed by atoms with Crippen molar-refractivity contribution in [3.05, 3.63) is 87.9 Å². The van der Waals surface area contributed by atoms with Gasteiger partial charge in [0.15, 0.2) is 24.8 Å². The van der Waals surface area contributed by atoms with Crippen LogP contribution in [0.1, 0.15) is 100 Å². The number of amides is 1. The van der Waals surface area contributed by atoms with Gasteiger partial charge in [-0.2, -0.15) is 0 Å². The molecule has 74 heavy (non-hydrogen) atoms. The Hall–Kier alpha value is -5.47. The average molecular weight is 1040 g/mol. The molecule has 2 aromatic heterocycles. The maximum absolute atomic E-state index is 14.1. The van der Waals surface area contributed by atoms with Gasteiger partial charge in [-0.3, -0.25) is 19.6 Å². The third kappa shape index (κ3) is 14.1. The Balaban J connectivity index is 1.06. The number of ether oxygens (including phenoxy) is 6. The van der Waals surface area contributed by atoms with Crippen molar-refractivity contribution >= 4 is 34.4 Å². The zero-order valence-corrected chi connectivity index (χ0v) is 41.8. The first-order chi connectivity index (χ1) is 35.6. The third-order valence-corrected chi connectivity index (χ3v) is 14.2. The summed E-state index contributed by atoms with van der Waals surface area (Å²) in [6.07, 6.45) is -9.43. The third-order valence-electron chi connectivity index (χ3n) is 14.2. The molecule has 1 amide bonds. The Kier molecular flexibility index (Phi) is 20.0. The number of rotatable bonds is 25. The minimum Gasteiger partial charge on any atom is -0.479 e. The second kappa shape index (κ2) is 26.3. The Bertz CT molecular complexity index is 2460. The molecule has 0 radical (unpaired) electrons. The van der Waals surface area contributed by atoms with E-state index >= 15 is 0 Å². The van der Waals surface area contributed by atoms with Crippen LogP contribution in [-0.2, 0) is 57.4 Å². The highest BCUT2D eigenvalue weighted by Gasteiger charge is 2.53. The number of carbonyl (C=O) groups is 3. The van der Waals surface area contributed by atoms with E-state index in [1.807, 2.05) is 12.4 Å². The first-order valence-corrected chi connectivity index (χ1v) is 25.6. The number of aromatic amines is 1. The highest BCUT2D eigenvalue weighted by Crippen LogP contribution is 2.39. The lowest BCUT2D eigenvalue weighted by atomic mass is 9.77. The van der Waals surface area contributed by atoms with Gasteiger partial charge < -0.3 is 69.4 Å². The Labute approximate surface area is 427 Å². The van der Waals surface area contributed by atoms with Crippen molar-refractivity contribution in [2.75, 3.05) is 13.2 Å². The fourth-order valence-corrected chi connectivity index (χ4v) is 9.96. The smallest absolute Gasteiger partial charge is 0.338 e. The zero-order chi connectivity index (χ0) is 53.1. The number of nitro benzene ring substituents is 1. The number of nitro groups is 1. The second-order valence-corrected chi connectivity index (χ2v) is 19.6. The van der Waals surface area contributed by atoms with Crippen molar-refractivity contribution < 1.29 is 78.4 Å². The Morgan fingerprint density at radius 2 is 1.68 bits per heavy atom. The predicted octanol–water partition coefficient (Wildman–Crippen LogP) is 3.11. The number of carbonyl (C=O) groups excluding carboxylic acids is 2. The van der Waals surface area contributed by atoms with Crippen LogP contribution >= 0.6 is 0 Å². The summed E-state index contributed by atoms with van der Waals surface area (Å²) in [5, 5.41) is 88.3. The Morgan fingerprint density at radius 3 is 2.41 bits per heavy atom. The quantitative estimate of drug-likeness (QED) is 0.0205. The number of aryl methyl sites for hydroxylation is 3. The summed E-state index contributed by atoms with van der Waals surface area (Å²) in [6.45, 7) is 5.30. The van der Waals surface area contributed by atoms with Crippen LogP contribution in [0.2, 0.25) is 0 Å². The van der Waals surface area contributed by atoms with Crippen LogP contribution in [0.3, 0.4) is 0 Å². The van der Waals surface area contributed by atoms with Gasteiger partial charge in [-0.05, 0) is 75.1 Å². The molecule has 1 aliphatic carbocycles. The predicted molar refractivity (Wildman–Crippen MR) is 261 cm³/mol. The molecule has 2 aliphatic heterocycles. The van der Waals surface area contributed by atoms with Crippen molar-refractivity contribution in [1.82, 2.24) is 25.3 Å². The van der Waals surface area contributed by atoms with E-state index < -0.39 is 115 Å². The molecule has 23 nitrogen and oxygen atoms in total. The minimum absolute atomic E-state index is 0.00266. The maximum Gasteiger partial charge on any atom is 0.338 e. The van der Waals surface area contributed by atoms with Crippen LogP contribution < -0.4 is 5.32 Å². The number of unbranched alkanes of at least 4 members (excludes halogenated alkanes) is 4. The van der Waals surface area contributed by atoms with Crippen molar-refractivity contribution in [2.45, 2.75) is 178 Å². The summed E-state index contributed by atoms with van der Waals surface area (Å²) in [5.74, 6) is -3.76. The second-order valence-electron chi connectivity index (χ2n) is 19.6. The number of aliphatic hydroxyl groups is 5. The molecule has 1 saturated carbocycles. The Morgan fingerprint density at radius 1 is 0.905 bits per heavy atom. The monoisotopic (exact) mass is 1040 g/mol. The van der Waals surface area contributed by atoms with Crippen LogP contribution in [0.4, 0.5) is 5.69 Å². The summed E-state index contributed by atoms with van der Waals surface area (Å²) >= 11 is 0. The molecule has 3 fully saturated rings. The van der Waals surface area contributed by atoms with Gasteiger partial charge in [0.25, 0.3) is 5.69 Å². The SMILES string of the molecule is CCCCCCC[C@H](OC1C(OC(=O)c2ccccc2)[C@H](O[C@@H]2CC(C(=O)NCCCc3cn(CCc4c[nH]c5ccc([N+](=O)[O-])cc45)nn3)CC(C)C2O[C@@H]2OC(C)[C@@H](O)C(O)C2O)OC(CO)[C@@H]1O)C(=O)O. The molecular formula is C51H70N6O17. The topological polar surface area (TPSA) is 330 Å². The van der Waals surface area contributed by atoms with Crippen LogP contribution in [0, 0.1) is 22.0 Å². The van der Waals surface area contributed by atoms with Crippen molar-refractivity contribution in [1.29, 1.82) is 0 Å². The number of aliphatic hydroxyl groups excluding tert-OH is 5. The fraction of sp³-hybridized carbons (Fsp3) is 0.627. The number of carboxylic acids is 1. The molecule has 15 atom stereocenters. The van der Waals surface area contributed by atoms with Gasteiger partial charge in [0.1, 0.15) is 36.6 Å². The molecular weight excluding hydrogens is 969 g/mol. The van der Waals surface area contributed by atoms with E-state index in [1.165, 1.54) is 25.1 Å². The standard InChI is InChI=1S/C51H70N6O17/c1-4-5-6-7-11-16-37(48(64)65)70-45-41(60)39(27-58)72-51(46(45)73-49(66)30-13-9-8-10-14-30)71-38-23-32(22-28(2)44(38)74-50-43(62)42(61)40(59)29(3)69-50)47(63)52-20-12-15-33-26-56(55-54-33)21-19-31-25-53-36-18-17-34(57(67)68)24-35(31)36/h8-10,13-14,17-18,24-26,28-29,32,37-46,50-51,53,58-62H,4-7,11-12,15-16,19-23,27H2,1-3H3,(H,52,63)(H,64,65)/t28?,29?,32?,37-,38+,39?,40+,41-,42?,43?,44?,45?,46?,50-,51+/m0/s1. The number of nitrogens with one attached hydrogen (secondary N) is 2. The van der Waals surface area contributed by atoms with E-state index in [-0.39, 0.29) is 43.0 Å². The molecule has 4 heterocycles. The van der Waals surface area contributed by atoms with Crippen LogP contribution in [-0.4, -0.2) is 166 Å². The lowest BCUT2D eigenvalue weighted by Crippen LogP contribution is -2.64. The molecule has 23 heteroatoms. The van der Waals surface area contributed by atoms with E-state index in [2.05, 4.69) is 27.5 Å². The molecule has 4 aromatic rings. The number of nitrogens with zero attached hydrogens (tertiary/aromatic N) is 4. The largest absolute Gasteiger partial charge is 0.479 e. The summed E-state index contributed by atoms with van der Waals surface area (Å²) in [7, 11) is 0. The van der Waals surface area contributed by atoms with Crippen LogP contribution in [0.15, 0.2) is 60.9 Å². The summed E-state index contributed by atoms with van der Waals surface area (Å²) in [6, 6.07) is 12.6. The molecule has 9 unspecified atom stereocenters. The average Bonchev–Trinajstić information content (AvgIpc) is 4.03. The van der Waals surface area contributed by atoms with Gasteiger partial charge in [0.05, 0.1) is 41.1 Å². The highest BCUT2D eigenvalue weighted by molar-refractivity contribution is 5.89. The molecule has 0 bridgehead atoms. The number of esters is 1. The first-order valence-electron chi connectivity index (χ1n) is 25.6. The summed E-state index contributed by atoms with van der Waals surface area (Å²) < 4.78 is 38.9. The van der Waals surface area contributed by atoms with Gasteiger partial charge in [0, 0.05) is 54.4 Å². The van der Waals surface area contributed by atoms with E-state index in [0.717, 1.165) is 42.1 Å². The number of non-ortho nitro benzene ring substituents is 1. The molecule has 7 rings (SSSR count). The number of aromatic nitrogens is 4. The first kappa shape index (κ1) is 56.3. The zero-order valence-electron chi connectivity index (χ0n) is 41.8. The van der Waals surface area contributed by atoms with Gasteiger partial charge in [0.2, 0.25) is 5.91 Å². The molecule has 3 aliphatic rings. The number of carboxylic acid groups (broad SMARTS) is 1. The number of aliphatic carboxylic acids is 1. The molecule has 2 aromatic carbocycles. The van der Waals surface area contributed by atoms with Gasteiger partial charge in [-0.1, -0.05) is 69.4 Å². The van der Waals surface area contributed by atoms with Gasteiger partial charge >= 0.3 is 11.9 Å². The van der Waals surface area contributed by atoms with E-state index in [9.17, 15) is 55.1 Å². The van der Waals surface area contributed by atoms with Crippen molar-refractivity contribution in [2.24, 2.45) is 11.8 Å². The van der Waals surface area contributed by atoms with E-state index in [1.54, 1.807) is 41.9 Å². The molecule has 0 spiro atoms. The van der Waals surface area contributed by atoms with Crippen LogP contribution in [0.25, 0.3) is 10.9 Å². The summed E-state index contributed by atoms with van der Waals surface area (Å²) in [4.78, 5) is 54.6. The number of benzene rings is 2. The maximum atomic E-state index is 14.1. The molecule has 406 valence electrons. The number of fused-ring (bicyclic) bond motifs is 1. The highest BCUT2D eigenvalue weighted by atomic mass is 16.7. The van der Waals surface area contributed by atoms with E-state index in [0.29, 0.717) is 37.9 Å². The minimum atomic E-state index is -1.71. The lowest BCUT2D eigenvalue weighted by Gasteiger charge is -2.48. The normalized spacial score (nSPS) is 29.7. The van der Waals surface area contributed by atoms with Crippen molar-refractivity contribution in [3.8, 4) is 0 Å². The van der Waals surface area contributed by atoms with E-state index in [4.69, 9.17) is 28.4 Å². The number of hydrogen-bond acceptors (Lipinski definition) is 18. The fourth-order valence-electron chi connectivity index (χ4n) is 9.96.